The number of nitrogens with one attached hydrogen (secondary N) is 1. The van der Waals surface area contributed by atoms with E-state index in [0.29, 0.717) is 30.0 Å². The number of hydrogen-bond donors (Lipinski definition) is 1. The number of ketones is 1. The maximum absolute atomic E-state index is 13.1. The molecule has 1 aliphatic heterocycles. The number of piperidine rings is 1. The Morgan fingerprint density at radius 3 is 2.29 bits per heavy atom. The third-order valence-corrected chi connectivity index (χ3v) is 8.45. The number of amides is 1. The molecular weight excluding hydrogens is 431 g/mol. The molecule has 3 fully saturated rings. The third-order valence-electron chi connectivity index (χ3n) is 8.45. The molecule has 0 bridgehead atoms. The lowest BCUT2D eigenvalue weighted by molar-refractivity contribution is -0.123. The van der Waals surface area contributed by atoms with E-state index in [1.165, 1.54) is 31.4 Å². The summed E-state index contributed by atoms with van der Waals surface area (Å²) in [5.74, 6) is 1.37. The van der Waals surface area contributed by atoms with Crippen LogP contribution in [-0.4, -0.2) is 55.5 Å². The van der Waals surface area contributed by atoms with Crippen molar-refractivity contribution in [3.05, 3.63) is 35.6 Å². The highest BCUT2D eigenvalue weighted by atomic mass is 19.1. The molecule has 1 aromatic carbocycles. The van der Waals surface area contributed by atoms with Gasteiger partial charge in [-0.25, -0.2) is 4.39 Å². The van der Waals surface area contributed by atoms with Gasteiger partial charge in [0, 0.05) is 31.1 Å². The van der Waals surface area contributed by atoms with Gasteiger partial charge in [0.1, 0.15) is 5.82 Å². The first-order valence-electron chi connectivity index (χ1n) is 13.3. The standard InChI is InChI=1S/C28H41FN2O3/c1-34-26-11-4-21(18-26)19-27(32)30-25-9-2-20(3-10-25)12-15-31-16-13-23(14-17-31)28(33)22-5-7-24(29)8-6-22/h5-8,20-21,23,25-26H,2-4,9-19H2,1H3,(H,30,32). The maximum atomic E-state index is 13.1. The molecule has 2 atom stereocenters. The van der Waals surface area contributed by atoms with E-state index < -0.39 is 0 Å². The van der Waals surface area contributed by atoms with Crippen LogP contribution in [0.1, 0.15) is 81.0 Å². The highest BCUT2D eigenvalue weighted by Crippen LogP contribution is 2.31. The van der Waals surface area contributed by atoms with E-state index in [4.69, 9.17) is 4.74 Å². The Labute approximate surface area is 203 Å². The zero-order valence-corrected chi connectivity index (χ0v) is 20.6. The molecule has 4 rings (SSSR count). The molecule has 2 saturated carbocycles. The molecule has 6 heteroatoms. The van der Waals surface area contributed by atoms with Crippen molar-refractivity contribution >= 4 is 11.7 Å². The summed E-state index contributed by atoms with van der Waals surface area (Å²) in [5.41, 5.74) is 0.631. The summed E-state index contributed by atoms with van der Waals surface area (Å²) < 4.78 is 18.5. The fourth-order valence-electron chi connectivity index (χ4n) is 6.21. The molecule has 2 aliphatic carbocycles. The lowest BCUT2D eigenvalue weighted by Crippen LogP contribution is -2.39. The molecule has 188 valence electrons. The second-order valence-corrected chi connectivity index (χ2v) is 10.8. The van der Waals surface area contributed by atoms with E-state index in [2.05, 4.69) is 10.2 Å². The van der Waals surface area contributed by atoms with Gasteiger partial charge in [0.2, 0.25) is 5.91 Å². The molecule has 0 spiro atoms. The number of carbonyl (C=O) groups excluding carboxylic acids is 2. The first-order chi connectivity index (χ1) is 16.5. The highest BCUT2D eigenvalue weighted by Gasteiger charge is 2.29. The molecule has 1 N–H and O–H groups in total. The summed E-state index contributed by atoms with van der Waals surface area (Å²) in [7, 11) is 1.77. The fourth-order valence-corrected chi connectivity index (χ4v) is 6.21. The van der Waals surface area contributed by atoms with Crippen LogP contribution in [-0.2, 0) is 9.53 Å². The van der Waals surface area contributed by atoms with Crippen molar-refractivity contribution in [3.63, 3.8) is 0 Å². The highest BCUT2D eigenvalue weighted by molar-refractivity contribution is 5.97. The molecule has 34 heavy (non-hydrogen) atoms. The summed E-state index contributed by atoms with van der Waals surface area (Å²) >= 11 is 0. The van der Waals surface area contributed by atoms with Gasteiger partial charge in [-0.2, -0.15) is 0 Å². The summed E-state index contributed by atoms with van der Waals surface area (Å²) in [5, 5.41) is 3.29. The van der Waals surface area contributed by atoms with Gasteiger partial charge in [-0.1, -0.05) is 0 Å². The quantitative estimate of drug-likeness (QED) is 0.515. The third kappa shape index (κ3) is 7.11. The summed E-state index contributed by atoms with van der Waals surface area (Å²) in [6, 6.07) is 6.30. The number of methoxy groups -OCH3 is 1. The van der Waals surface area contributed by atoms with Crippen molar-refractivity contribution in [2.24, 2.45) is 17.8 Å². The smallest absolute Gasteiger partial charge is 0.220 e. The number of likely N-dealkylation sites (tertiary alicyclic amines) is 1. The van der Waals surface area contributed by atoms with E-state index in [0.717, 1.165) is 70.5 Å². The molecule has 1 aromatic rings. The molecule has 1 heterocycles. The molecule has 0 radical (unpaired) electrons. The number of benzene rings is 1. The average molecular weight is 473 g/mol. The minimum Gasteiger partial charge on any atom is -0.381 e. The van der Waals surface area contributed by atoms with Crippen LogP contribution in [0, 0.1) is 23.6 Å². The van der Waals surface area contributed by atoms with E-state index in [1.807, 2.05) is 0 Å². The topological polar surface area (TPSA) is 58.6 Å². The molecular formula is C28H41FN2O3. The Bertz CT molecular complexity index is 798. The van der Waals surface area contributed by atoms with Crippen molar-refractivity contribution in [1.82, 2.24) is 10.2 Å². The Kier molecular flexibility index (Phi) is 9.12. The maximum Gasteiger partial charge on any atom is 0.220 e. The van der Waals surface area contributed by atoms with Crippen LogP contribution in [0.25, 0.3) is 0 Å². The van der Waals surface area contributed by atoms with Gasteiger partial charge in [0.05, 0.1) is 6.10 Å². The first kappa shape index (κ1) is 25.3. The Balaban J connectivity index is 1.09. The van der Waals surface area contributed by atoms with Gasteiger partial charge in [-0.15, -0.1) is 0 Å². The van der Waals surface area contributed by atoms with Crippen LogP contribution in [0.15, 0.2) is 24.3 Å². The molecule has 2 unspecified atom stereocenters. The molecule has 3 aliphatic rings. The second-order valence-electron chi connectivity index (χ2n) is 10.8. The Hall–Kier alpha value is -1.79. The number of ether oxygens (including phenoxy) is 1. The summed E-state index contributed by atoms with van der Waals surface area (Å²) in [6.07, 6.45) is 11.8. The lowest BCUT2D eigenvalue weighted by Gasteiger charge is -2.34. The number of Topliss-reactive ketones (excluding diaryl/α,β-unsaturated/α-hetero) is 1. The van der Waals surface area contributed by atoms with Gasteiger partial charge in [0.15, 0.2) is 5.78 Å². The predicted molar refractivity (Wildman–Crippen MR) is 131 cm³/mol. The molecule has 1 amide bonds. The Morgan fingerprint density at radius 2 is 1.65 bits per heavy atom. The average Bonchev–Trinajstić information content (AvgIpc) is 3.31. The van der Waals surface area contributed by atoms with E-state index in [9.17, 15) is 14.0 Å². The zero-order valence-electron chi connectivity index (χ0n) is 20.6. The molecule has 0 aromatic heterocycles. The summed E-state index contributed by atoms with van der Waals surface area (Å²) in [6.45, 7) is 3.03. The van der Waals surface area contributed by atoms with E-state index >= 15 is 0 Å². The van der Waals surface area contributed by atoms with Crippen molar-refractivity contribution < 1.29 is 18.7 Å². The van der Waals surface area contributed by atoms with E-state index in [1.54, 1.807) is 19.2 Å². The van der Waals surface area contributed by atoms with Crippen LogP contribution in [0.4, 0.5) is 4.39 Å². The normalized spacial score (nSPS) is 28.6. The lowest BCUT2D eigenvalue weighted by atomic mass is 9.83. The fraction of sp³-hybridized carbons (Fsp3) is 0.714. The monoisotopic (exact) mass is 472 g/mol. The molecule has 1 saturated heterocycles. The first-order valence-corrected chi connectivity index (χ1v) is 13.3. The Morgan fingerprint density at radius 1 is 0.971 bits per heavy atom. The predicted octanol–water partition coefficient (Wildman–Crippen LogP) is 4.99. The SMILES string of the molecule is COC1CCC(CC(=O)NC2CCC(CCN3CCC(C(=O)c4ccc(F)cc4)CC3)CC2)C1. The van der Waals surface area contributed by atoms with E-state index in [-0.39, 0.29) is 23.4 Å². The largest absolute Gasteiger partial charge is 0.381 e. The van der Waals surface area contributed by atoms with Crippen molar-refractivity contribution in [3.8, 4) is 0 Å². The number of nitrogens with zero attached hydrogens (tertiary/aromatic N) is 1. The van der Waals surface area contributed by atoms with Crippen molar-refractivity contribution in [2.75, 3.05) is 26.7 Å². The van der Waals surface area contributed by atoms with Crippen LogP contribution in [0.5, 0.6) is 0 Å². The van der Waals surface area contributed by atoms with Crippen molar-refractivity contribution in [1.29, 1.82) is 0 Å². The van der Waals surface area contributed by atoms with Crippen LogP contribution in [0.3, 0.4) is 0 Å². The van der Waals surface area contributed by atoms with Gasteiger partial charge in [-0.3, -0.25) is 9.59 Å². The van der Waals surface area contributed by atoms with Gasteiger partial charge in [-0.05, 0) is 120 Å². The number of halogens is 1. The minimum atomic E-state index is -0.299. The van der Waals surface area contributed by atoms with Gasteiger partial charge < -0.3 is 15.0 Å². The van der Waals surface area contributed by atoms with Crippen molar-refractivity contribution in [2.45, 2.75) is 82.8 Å². The number of carbonyl (C=O) groups is 2. The van der Waals surface area contributed by atoms with Crippen LogP contribution in [0.2, 0.25) is 0 Å². The zero-order chi connectivity index (χ0) is 23.9. The van der Waals surface area contributed by atoms with Gasteiger partial charge in [0.25, 0.3) is 0 Å². The second kappa shape index (κ2) is 12.3. The summed E-state index contributed by atoms with van der Waals surface area (Å²) in [4.78, 5) is 27.6. The van der Waals surface area contributed by atoms with Crippen LogP contribution < -0.4 is 5.32 Å². The number of hydrogen-bond acceptors (Lipinski definition) is 4. The minimum absolute atomic E-state index is 0.0605. The molecule has 5 nitrogen and oxygen atoms in total. The number of rotatable bonds is 9. The van der Waals surface area contributed by atoms with Gasteiger partial charge >= 0.3 is 0 Å². The van der Waals surface area contributed by atoms with Crippen LogP contribution >= 0.6 is 0 Å².